The number of hydrogen-bond donors (Lipinski definition) is 2. The first-order chi connectivity index (χ1) is 9.58. The number of rotatable bonds is 4. The second-order valence-electron chi connectivity index (χ2n) is 5.01. The zero-order valence-corrected chi connectivity index (χ0v) is 11.6. The molecule has 5 nitrogen and oxygen atoms in total. The van der Waals surface area contributed by atoms with E-state index < -0.39 is 5.82 Å². The number of ether oxygens (including phenoxy) is 1. The van der Waals surface area contributed by atoms with E-state index in [4.69, 9.17) is 10.5 Å². The van der Waals surface area contributed by atoms with Gasteiger partial charge < -0.3 is 15.8 Å². The Labute approximate surface area is 117 Å². The van der Waals surface area contributed by atoms with Gasteiger partial charge in [0, 0.05) is 13.7 Å². The summed E-state index contributed by atoms with van der Waals surface area (Å²) < 4.78 is 18.2. The number of benzene rings is 1. The lowest BCUT2D eigenvalue weighted by atomic mass is 10.1. The third-order valence-corrected chi connectivity index (χ3v) is 3.45. The molecule has 0 aliphatic carbocycles. The maximum absolute atomic E-state index is 12.9. The van der Waals surface area contributed by atoms with E-state index in [1.165, 1.54) is 18.2 Å². The van der Waals surface area contributed by atoms with E-state index in [-0.39, 0.29) is 24.2 Å². The zero-order valence-electron chi connectivity index (χ0n) is 11.6. The van der Waals surface area contributed by atoms with Crippen LogP contribution in [-0.4, -0.2) is 43.7 Å². The highest BCUT2D eigenvalue weighted by atomic mass is 19.1. The quantitative estimate of drug-likeness (QED) is 0.820. The number of carbonyl (C=O) groups excluding carboxylic acids is 1. The van der Waals surface area contributed by atoms with Crippen LogP contribution < -0.4 is 11.1 Å². The first kappa shape index (κ1) is 14.7. The third kappa shape index (κ3) is 3.91. The molecule has 6 heteroatoms. The Kier molecular flexibility index (Phi) is 4.92. The maximum atomic E-state index is 12.9. The van der Waals surface area contributed by atoms with Crippen molar-refractivity contribution in [1.82, 2.24) is 4.90 Å². The van der Waals surface area contributed by atoms with E-state index in [1.807, 2.05) is 4.90 Å². The predicted molar refractivity (Wildman–Crippen MR) is 75.9 cm³/mol. The normalized spacial score (nSPS) is 19.8. The molecule has 1 fully saturated rings. The lowest BCUT2D eigenvalue weighted by Gasteiger charge is -2.31. The lowest BCUT2D eigenvalue weighted by Crippen LogP contribution is -2.43. The molecule has 1 heterocycles. The zero-order chi connectivity index (χ0) is 14.5. The molecular formula is C14H20FN3O2. The summed E-state index contributed by atoms with van der Waals surface area (Å²) in [4.78, 5) is 14.0. The molecule has 1 aliphatic heterocycles. The number of anilines is 2. The summed E-state index contributed by atoms with van der Waals surface area (Å²) >= 11 is 0. The van der Waals surface area contributed by atoms with Gasteiger partial charge in [-0.3, -0.25) is 9.69 Å². The van der Waals surface area contributed by atoms with Gasteiger partial charge in [0.2, 0.25) is 5.91 Å². The highest BCUT2D eigenvalue weighted by Gasteiger charge is 2.21. The molecule has 0 saturated carbocycles. The Morgan fingerprint density at radius 1 is 1.60 bits per heavy atom. The molecule has 0 aromatic heterocycles. The molecule has 0 spiro atoms. The summed E-state index contributed by atoms with van der Waals surface area (Å²) in [6.45, 7) is 1.92. The van der Waals surface area contributed by atoms with Gasteiger partial charge in [-0.1, -0.05) is 0 Å². The molecule has 2 rings (SSSR count). The number of methoxy groups -OCH3 is 1. The van der Waals surface area contributed by atoms with Crippen molar-refractivity contribution >= 4 is 17.3 Å². The molecule has 1 unspecified atom stereocenters. The van der Waals surface area contributed by atoms with Gasteiger partial charge in [-0.05, 0) is 37.6 Å². The third-order valence-electron chi connectivity index (χ3n) is 3.45. The van der Waals surface area contributed by atoms with Gasteiger partial charge in [0.05, 0.1) is 24.0 Å². The molecule has 20 heavy (non-hydrogen) atoms. The second kappa shape index (κ2) is 6.67. The number of likely N-dealkylation sites (tertiary alicyclic amines) is 1. The van der Waals surface area contributed by atoms with E-state index in [2.05, 4.69) is 5.32 Å². The fraction of sp³-hybridized carbons (Fsp3) is 0.500. The van der Waals surface area contributed by atoms with Crippen molar-refractivity contribution in [3.05, 3.63) is 24.0 Å². The first-order valence-electron chi connectivity index (χ1n) is 6.68. The van der Waals surface area contributed by atoms with Crippen LogP contribution in [0.3, 0.4) is 0 Å². The highest BCUT2D eigenvalue weighted by molar-refractivity contribution is 5.95. The molecule has 1 amide bonds. The van der Waals surface area contributed by atoms with E-state index >= 15 is 0 Å². The molecule has 3 N–H and O–H groups in total. The Morgan fingerprint density at radius 2 is 2.40 bits per heavy atom. The van der Waals surface area contributed by atoms with Crippen molar-refractivity contribution in [3.8, 4) is 0 Å². The fourth-order valence-electron chi connectivity index (χ4n) is 2.39. The standard InChI is InChI=1S/C14H20FN3O2/c1-20-11-3-2-6-18(8-11)9-14(19)17-13-5-4-10(15)7-12(13)16/h4-5,7,11H,2-3,6,8-9,16H2,1H3,(H,17,19). The molecule has 1 atom stereocenters. The molecular weight excluding hydrogens is 261 g/mol. The minimum Gasteiger partial charge on any atom is -0.397 e. The highest BCUT2D eigenvalue weighted by Crippen LogP contribution is 2.19. The number of nitrogens with zero attached hydrogens (tertiary/aromatic N) is 1. The summed E-state index contributed by atoms with van der Waals surface area (Å²) in [5.74, 6) is -0.570. The van der Waals surface area contributed by atoms with Gasteiger partial charge >= 0.3 is 0 Å². The average Bonchev–Trinajstić information content (AvgIpc) is 2.42. The fourth-order valence-corrected chi connectivity index (χ4v) is 2.39. The molecule has 0 radical (unpaired) electrons. The van der Waals surface area contributed by atoms with Crippen molar-refractivity contribution in [2.75, 3.05) is 37.8 Å². The molecule has 1 aliphatic rings. The van der Waals surface area contributed by atoms with Crippen LogP contribution in [0, 0.1) is 5.82 Å². The van der Waals surface area contributed by atoms with Crippen LogP contribution in [0.15, 0.2) is 18.2 Å². The number of halogens is 1. The number of nitrogens with one attached hydrogen (secondary N) is 1. The largest absolute Gasteiger partial charge is 0.397 e. The van der Waals surface area contributed by atoms with Gasteiger partial charge in [0.1, 0.15) is 5.82 Å². The van der Waals surface area contributed by atoms with E-state index in [9.17, 15) is 9.18 Å². The van der Waals surface area contributed by atoms with Crippen LogP contribution in [0.4, 0.5) is 15.8 Å². The Balaban J connectivity index is 1.88. The van der Waals surface area contributed by atoms with Gasteiger partial charge in [-0.15, -0.1) is 0 Å². The van der Waals surface area contributed by atoms with Crippen molar-refractivity contribution in [3.63, 3.8) is 0 Å². The van der Waals surface area contributed by atoms with Crippen molar-refractivity contribution in [1.29, 1.82) is 0 Å². The first-order valence-corrected chi connectivity index (χ1v) is 6.68. The SMILES string of the molecule is COC1CCCN(CC(=O)Nc2ccc(F)cc2N)C1. The van der Waals surface area contributed by atoms with Gasteiger partial charge in [-0.25, -0.2) is 4.39 Å². The number of nitrogen functional groups attached to an aromatic ring is 1. The van der Waals surface area contributed by atoms with Gasteiger partial charge in [-0.2, -0.15) is 0 Å². The Morgan fingerprint density at radius 3 is 3.10 bits per heavy atom. The van der Waals surface area contributed by atoms with Crippen LogP contribution >= 0.6 is 0 Å². The van der Waals surface area contributed by atoms with Crippen LogP contribution in [0.2, 0.25) is 0 Å². The molecule has 1 saturated heterocycles. The Bertz CT molecular complexity index is 481. The molecule has 1 aromatic rings. The summed E-state index contributed by atoms with van der Waals surface area (Å²) in [5, 5.41) is 2.70. The number of nitrogens with two attached hydrogens (primary N) is 1. The van der Waals surface area contributed by atoms with Crippen LogP contribution in [0.5, 0.6) is 0 Å². The summed E-state index contributed by atoms with van der Waals surface area (Å²) in [6.07, 6.45) is 2.23. The van der Waals surface area contributed by atoms with E-state index in [1.54, 1.807) is 7.11 Å². The van der Waals surface area contributed by atoms with E-state index in [0.717, 1.165) is 25.9 Å². The lowest BCUT2D eigenvalue weighted by molar-refractivity contribution is -0.118. The van der Waals surface area contributed by atoms with Gasteiger partial charge in [0.25, 0.3) is 0 Å². The smallest absolute Gasteiger partial charge is 0.238 e. The molecule has 110 valence electrons. The average molecular weight is 281 g/mol. The second-order valence-corrected chi connectivity index (χ2v) is 5.01. The number of amides is 1. The van der Waals surface area contributed by atoms with E-state index in [0.29, 0.717) is 5.69 Å². The van der Waals surface area contributed by atoms with Crippen molar-refractivity contribution in [2.45, 2.75) is 18.9 Å². The number of piperidine rings is 1. The summed E-state index contributed by atoms with van der Waals surface area (Å²) in [6, 6.07) is 3.93. The summed E-state index contributed by atoms with van der Waals surface area (Å²) in [5.41, 5.74) is 6.33. The minimum absolute atomic E-state index is 0.153. The van der Waals surface area contributed by atoms with Crippen LogP contribution in [-0.2, 0) is 9.53 Å². The topological polar surface area (TPSA) is 67.6 Å². The molecule has 1 aromatic carbocycles. The minimum atomic E-state index is -0.417. The monoisotopic (exact) mass is 281 g/mol. The Hall–Kier alpha value is -1.66. The van der Waals surface area contributed by atoms with Crippen molar-refractivity contribution < 1.29 is 13.9 Å². The number of hydrogen-bond acceptors (Lipinski definition) is 4. The molecule has 0 bridgehead atoms. The van der Waals surface area contributed by atoms with Crippen LogP contribution in [0.1, 0.15) is 12.8 Å². The van der Waals surface area contributed by atoms with Crippen LogP contribution in [0.25, 0.3) is 0 Å². The van der Waals surface area contributed by atoms with Crippen molar-refractivity contribution in [2.24, 2.45) is 0 Å². The predicted octanol–water partition coefficient (Wildman–Crippen LogP) is 1.46. The van der Waals surface area contributed by atoms with Gasteiger partial charge in [0.15, 0.2) is 0 Å². The maximum Gasteiger partial charge on any atom is 0.238 e. The summed E-state index contributed by atoms with van der Waals surface area (Å²) in [7, 11) is 1.69. The number of carbonyl (C=O) groups is 1.